The number of nitrogens with two attached hydrogens (primary N) is 1. The zero-order chi connectivity index (χ0) is 19.1. The molecule has 1 aliphatic heterocycles. The predicted octanol–water partition coefficient (Wildman–Crippen LogP) is 2.64. The van der Waals surface area contributed by atoms with Crippen LogP contribution in [0.3, 0.4) is 0 Å². The quantitative estimate of drug-likeness (QED) is 0.792. The third kappa shape index (κ3) is 5.58. The van der Waals surface area contributed by atoms with Crippen LogP contribution < -0.4 is 16.0 Å². The van der Waals surface area contributed by atoms with Gasteiger partial charge in [-0.05, 0) is 42.5 Å². The van der Waals surface area contributed by atoms with Crippen LogP contribution in [0.1, 0.15) is 30.4 Å². The van der Waals surface area contributed by atoms with Crippen molar-refractivity contribution in [2.75, 3.05) is 18.0 Å². The van der Waals surface area contributed by atoms with Crippen LogP contribution in [0.5, 0.6) is 0 Å². The minimum atomic E-state index is -0.213. The molecule has 3 N–H and O–H groups in total. The van der Waals surface area contributed by atoms with Crippen LogP contribution in [-0.4, -0.2) is 24.9 Å². The van der Waals surface area contributed by atoms with Crippen molar-refractivity contribution >= 4 is 17.5 Å². The van der Waals surface area contributed by atoms with Gasteiger partial charge in [-0.15, -0.1) is 0 Å². The first-order chi connectivity index (χ1) is 13.1. The number of rotatable bonds is 7. The zero-order valence-corrected chi connectivity index (χ0v) is 15.6. The van der Waals surface area contributed by atoms with E-state index in [1.165, 1.54) is 5.56 Å². The van der Waals surface area contributed by atoms with Gasteiger partial charge < -0.3 is 16.0 Å². The van der Waals surface area contributed by atoms with Crippen molar-refractivity contribution in [1.82, 2.24) is 5.32 Å². The fourth-order valence-corrected chi connectivity index (χ4v) is 3.46. The van der Waals surface area contributed by atoms with Gasteiger partial charge in [-0.3, -0.25) is 9.59 Å². The molecule has 1 heterocycles. The summed E-state index contributed by atoms with van der Waals surface area (Å²) in [6.45, 7) is 2.15. The normalized spacial score (nSPS) is 16.7. The molecule has 1 aliphatic rings. The Morgan fingerprint density at radius 2 is 1.78 bits per heavy atom. The SMILES string of the molecule is NC(=O)C1CCCN(c2ccc(CNC(=O)CCc3ccccc3)cc2)C1. The van der Waals surface area contributed by atoms with E-state index in [-0.39, 0.29) is 17.7 Å². The van der Waals surface area contributed by atoms with E-state index in [0.717, 1.165) is 37.1 Å². The molecule has 2 aromatic rings. The Labute approximate surface area is 160 Å². The Morgan fingerprint density at radius 3 is 2.48 bits per heavy atom. The molecule has 5 nitrogen and oxygen atoms in total. The third-order valence-electron chi connectivity index (χ3n) is 5.10. The third-order valence-corrected chi connectivity index (χ3v) is 5.10. The standard InChI is InChI=1S/C22H27N3O2/c23-22(27)19-7-4-14-25(16-19)20-11-8-18(9-12-20)15-24-21(26)13-10-17-5-2-1-3-6-17/h1-3,5-6,8-9,11-12,19H,4,7,10,13-16H2,(H2,23,27)(H,24,26). The van der Waals surface area contributed by atoms with Gasteiger partial charge in [-0.2, -0.15) is 0 Å². The highest BCUT2D eigenvalue weighted by Crippen LogP contribution is 2.23. The monoisotopic (exact) mass is 365 g/mol. The maximum atomic E-state index is 12.0. The van der Waals surface area contributed by atoms with Crippen LogP contribution in [0.25, 0.3) is 0 Å². The Hall–Kier alpha value is -2.82. The van der Waals surface area contributed by atoms with E-state index in [1.54, 1.807) is 0 Å². The number of aryl methyl sites for hydroxylation is 1. The van der Waals surface area contributed by atoms with E-state index in [4.69, 9.17) is 5.73 Å². The van der Waals surface area contributed by atoms with Gasteiger partial charge in [0.05, 0.1) is 5.92 Å². The van der Waals surface area contributed by atoms with E-state index in [0.29, 0.717) is 19.5 Å². The molecule has 0 radical (unpaired) electrons. The van der Waals surface area contributed by atoms with Gasteiger partial charge in [-0.1, -0.05) is 42.5 Å². The smallest absolute Gasteiger partial charge is 0.222 e. The molecule has 0 aliphatic carbocycles. The Morgan fingerprint density at radius 1 is 1.04 bits per heavy atom. The summed E-state index contributed by atoms with van der Waals surface area (Å²) in [5, 5.41) is 2.98. The average molecular weight is 365 g/mol. The topological polar surface area (TPSA) is 75.4 Å². The van der Waals surface area contributed by atoms with E-state index in [9.17, 15) is 9.59 Å². The van der Waals surface area contributed by atoms with Crippen LogP contribution in [-0.2, 0) is 22.6 Å². The molecule has 5 heteroatoms. The van der Waals surface area contributed by atoms with Gasteiger partial charge in [0.25, 0.3) is 0 Å². The number of amides is 2. The minimum Gasteiger partial charge on any atom is -0.371 e. The molecule has 1 atom stereocenters. The number of nitrogens with one attached hydrogen (secondary N) is 1. The summed E-state index contributed by atoms with van der Waals surface area (Å²) >= 11 is 0. The number of anilines is 1. The molecular weight excluding hydrogens is 338 g/mol. The molecule has 0 spiro atoms. The second kappa shape index (κ2) is 9.21. The summed E-state index contributed by atoms with van der Waals surface area (Å²) in [7, 11) is 0. The molecule has 3 rings (SSSR count). The fraction of sp³-hybridized carbons (Fsp3) is 0.364. The van der Waals surface area contributed by atoms with Gasteiger partial charge >= 0.3 is 0 Å². The van der Waals surface area contributed by atoms with Gasteiger partial charge in [0.1, 0.15) is 0 Å². The number of carbonyl (C=O) groups is 2. The maximum Gasteiger partial charge on any atom is 0.222 e. The van der Waals surface area contributed by atoms with Crippen molar-refractivity contribution in [3.05, 3.63) is 65.7 Å². The van der Waals surface area contributed by atoms with Crippen molar-refractivity contribution in [2.45, 2.75) is 32.2 Å². The number of piperidine rings is 1. The lowest BCUT2D eigenvalue weighted by molar-refractivity contribution is -0.122. The molecule has 1 fully saturated rings. The Bertz CT molecular complexity index is 759. The molecular formula is C22H27N3O2. The molecule has 27 heavy (non-hydrogen) atoms. The van der Waals surface area contributed by atoms with Crippen molar-refractivity contribution < 1.29 is 9.59 Å². The van der Waals surface area contributed by atoms with Gasteiger partial charge in [0, 0.05) is 31.7 Å². The summed E-state index contributed by atoms with van der Waals surface area (Å²) in [6.07, 6.45) is 3.09. The van der Waals surface area contributed by atoms with Crippen molar-refractivity contribution in [1.29, 1.82) is 0 Å². The first-order valence-corrected chi connectivity index (χ1v) is 9.55. The largest absolute Gasteiger partial charge is 0.371 e. The number of primary amides is 1. The van der Waals surface area contributed by atoms with Crippen molar-refractivity contribution in [3.8, 4) is 0 Å². The molecule has 142 valence electrons. The number of nitrogens with zero attached hydrogens (tertiary/aromatic N) is 1. The number of carbonyl (C=O) groups excluding carboxylic acids is 2. The Kier molecular flexibility index (Phi) is 6.47. The predicted molar refractivity (Wildman–Crippen MR) is 107 cm³/mol. The maximum absolute atomic E-state index is 12.0. The summed E-state index contributed by atoms with van der Waals surface area (Å²) in [5.41, 5.74) is 8.79. The second-order valence-electron chi connectivity index (χ2n) is 7.12. The lowest BCUT2D eigenvalue weighted by Crippen LogP contribution is -2.41. The minimum absolute atomic E-state index is 0.0586. The Balaban J connectivity index is 1.46. The summed E-state index contributed by atoms with van der Waals surface area (Å²) in [5.74, 6) is -0.222. The first-order valence-electron chi connectivity index (χ1n) is 9.55. The molecule has 2 amide bonds. The number of hydrogen-bond donors (Lipinski definition) is 2. The zero-order valence-electron chi connectivity index (χ0n) is 15.6. The van der Waals surface area contributed by atoms with Crippen LogP contribution in [0, 0.1) is 5.92 Å². The highest BCUT2D eigenvalue weighted by molar-refractivity contribution is 5.77. The molecule has 1 unspecified atom stereocenters. The van der Waals surface area contributed by atoms with Crippen LogP contribution in [0.2, 0.25) is 0 Å². The van der Waals surface area contributed by atoms with Gasteiger partial charge in [-0.25, -0.2) is 0 Å². The number of hydrogen-bond acceptors (Lipinski definition) is 3. The van der Waals surface area contributed by atoms with Crippen molar-refractivity contribution in [3.63, 3.8) is 0 Å². The van der Waals surface area contributed by atoms with E-state index < -0.39 is 0 Å². The molecule has 0 saturated carbocycles. The lowest BCUT2D eigenvalue weighted by atomic mass is 9.97. The molecule has 2 aromatic carbocycles. The van der Waals surface area contributed by atoms with Gasteiger partial charge in [0.15, 0.2) is 0 Å². The molecule has 0 aromatic heterocycles. The molecule has 0 bridgehead atoms. The van der Waals surface area contributed by atoms with Crippen molar-refractivity contribution in [2.24, 2.45) is 11.7 Å². The van der Waals surface area contributed by atoms with Crippen LogP contribution in [0.15, 0.2) is 54.6 Å². The number of benzene rings is 2. The lowest BCUT2D eigenvalue weighted by Gasteiger charge is -2.33. The highest BCUT2D eigenvalue weighted by atomic mass is 16.2. The molecule has 1 saturated heterocycles. The first kappa shape index (κ1) is 19.0. The van der Waals surface area contributed by atoms with Gasteiger partial charge in [0.2, 0.25) is 11.8 Å². The summed E-state index contributed by atoms with van der Waals surface area (Å²) in [4.78, 5) is 25.7. The van der Waals surface area contributed by atoms with E-state index in [2.05, 4.69) is 22.3 Å². The van der Waals surface area contributed by atoms with E-state index in [1.807, 2.05) is 42.5 Å². The van der Waals surface area contributed by atoms with Crippen LogP contribution >= 0.6 is 0 Å². The average Bonchev–Trinajstić information content (AvgIpc) is 2.72. The van der Waals surface area contributed by atoms with Crippen LogP contribution in [0.4, 0.5) is 5.69 Å². The summed E-state index contributed by atoms with van der Waals surface area (Å²) in [6, 6.07) is 18.2. The second-order valence-corrected chi connectivity index (χ2v) is 7.12. The highest BCUT2D eigenvalue weighted by Gasteiger charge is 2.23. The van der Waals surface area contributed by atoms with E-state index >= 15 is 0 Å². The fourth-order valence-electron chi connectivity index (χ4n) is 3.46. The summed E-state index contributed by atoms with van der Waals surface area (Å²) < 4.78 is 0.